The molecule has 0 saturated carbocycles. The van der Waals surface area contributed by atoms with Gasteiger partial charge in [0.2, 0.25) is 0 Å². The Morgan fingerprint density at radius 1 is 1.75 bits per heavy atom. The standard InChI is InChI=1S/C4H4N2O2/c7-2-3-5-1-4(8)6-3/h1,7H,2H2. The van der Waals surface area contributed by atoms with Crippen LogP contribution in [0.4, 0.5) is 0 Å². The van der Waals surface area contributed by atoms with E-state index in [1.807, 2.05) is 0 Å². The third-order valence-electron chi connectivity index (χ3n) is 0.705. The summed E-state index contributed by atoms with van der Waals surface area (Å²) in [6, 6.07) is 0. The first kappa shape index (κ1) is 5.11. The van der Waals surface area contributed by atoms with Crippen molar-refractivity contribution in [3.63, 3.8) is 0 Å². The summed E-state index contributed by atoms with van der Waals surface area (Å²) >= 11 is 0. The molecular formula is C4H4N2O2. The van der Waals surface area contributed by atoms with Gasteiger partial charge < -0.3 is 5.11 Å². The smallest absolute Gasteiger partial charge is 0.290 e. The van der Waals surface area contributed by atoms with Crippen LogP contribution < -0.4 is 0 Å². The summed E-state index contributed by atoms with van der Waals surface area (Å²) in [5.41, 5.74) is 0. The van der Waals surface area contributed by atoms with Gasteiger partial charge in [-0.05, 0) is 0 Å². The fourth-order valence-corrected chi connectivity index (χ4v) is 0.391. The number of amides is 1. The Balaban J connectivity index is 2.72. The summed E-state index contributed by atoms with van der Waals surface area (Å²) in [6.45, 7) is -0.262. The molecule has 4 heteroatoms. The Morgan fingerprint density at radius 2 is 2.50 bits per heavy atom. The van der Waals surface area contributed by atoms with Gasteiger partial charge in [0.05, 0.1) is 6.21 Å². The largest absolute Gasteiger partial charge is 0.388 e. The van der Waals surface area contributed by atoms with E-state index in [1.54, 1.807) is 0 Å². The molecule has 0 aliphatic carbocycles. The zero-order valence-corrected chi connectivity index (χ0v) is 4.03. The van der Waals surface area contributed by atoms with Crippen molar-refractivity contribution in [1.29, 1.82) is 0 Å². The van der Waals surface area contributed by atoms with Crippen molar-refractivity contribution in [2.24, 2.45) is 9.98 Å². The first-order valence-corrected chi connectivity index (χ1v) is 2.09. The lowest BCUT2D eigenvalue weighted by Gasteiger charge is -1.80. The molecule has 42 valence electrons. The summed E-state index contributed by atoms with van der Waals surface area (Å²) < 4.78 is 0. The Kier molecular flexibility index (Phi) is 1.17. The van der Waals surface area contributed by atoms with Crippen LogP contribution in [-0.4, -0.2) is 29.7 Å². The molecule has 0 aromatic heterocycles. The molecule has 0 saturated heterocycles. The minimum atomic E-state index is -0.394. The second-order valence-corrected chi connectivity index (χ2v) is 1.28. The third kappa shape index (κ3) is 0.788. The minimum absolute atomic E-state index is 0.190. The predicted octanol–water partition coefficient (Wildman–Crippen LogP) is -1.01. The summed E-state index contributed by atoms with van der Waals surface area (Å²) in [7, 11) is 0. The third-order valence-corrected chi connectivity index (χ3v) is 0.705. The van der Waals surface area contributed by atoms with Gasteiger partial charge in [-0.2, -0.15) is 4.99 Å². The molecule has 0 aromatic carbocycles. The summed E-state index contributed by atoms with van der Waals surface area (Å²) in [6.07, 6.45) is 1.07. The normalized spacial score (nSPS) is 17.1. The van der Waals surface area contributed by atoms with E-state index in [0.29, 0.717) is 0 Å². The van der Waals surface area contributed by atoms with Crippen LogP contribution in [0.25, 0.3) is 0 Å². The van der Waals surface area contributed by atoms with Crippen LogP contribution in [-0.2, 0) is 4.79 Å². The van der Waals surface area contributed by atoms with Crippen LogP contribution in [0.2, 0.25) is 0 Å². The van der Waals surface area contributed by atoms with Crippen molar-refractivity contribution in [3.05, 3.63) is 0 Å². The highest BCUT2D eigenvalue weighted by Gasteiger charge is 2.04. The number of amidine groups is 1. The van der Waals surface area contributed by atoms with Gasteiger partial charge >= 0.3 is 0 Å². The molecule has 0 unspecified atom stereocenters. The van der Waals surface area contributed by atoms with Gasteiger partial charge in [0.15, 0.2) is 5.84 Å². The monoisotopic (exact) mass is 112 g/mol. The first-order chi connectivity index (χ1) is 3.83. The van der Waals surface area contributed by atoms with E-state index in [2.05, 4.69) is 9.98 Å². The molecule has 8 heavy (non-hydrogen) atoms. The summed E-state index contributed by atoms with van der Waals surface area (Å²) in [5, 5.41) is 8.29. The molecule has 4 nitrogen and oxygen atoms in total. The van der Waals surface area contributed by atoms with Crippen molar-refractivity contribution < 1.29 is 9.90 Å². The lowest BCUT2D eigenvalue weighted by Crippen LogP contribution is -1.96. The molecule has 0 atom stereocenters. The van der Waals surface area contributed by atoms with Crippen LogP contribution in [0.15, 0.2) is 9.98 Å². The fraction of sp³-hybridized carbons (Fsp3) is 0.250. The minimum Gasteiger partial charge on any atom is -0.388 e. The van der Waals surface area contributed by atoms with Gasteiger partial charge in [-0.25, -0.2) is 4.99 Å². The van der Waals surface area contributed by atoms with Crippen molar-refractivity contribution >= 4 is 18.0 Å². The number of hydrogen-bond acceptors (Lipinski definition) is 3. The van der Waals surface area contributed by atoms with Crippen LogP contribution >= 0.6 is 0 Å². The number of rotatable bonds is 1. The maximum absolute atomic E-state index is 10.2. The van der Waals surface area contributed by atoms with E-state index in [4.69, 9.17) is 5.11 Å². The Labute approximate surface area is 45.6 Å². The van der Waals surface area contributed by atoms with Crippen LogP contribution in [0.5, 0.6) is 0 Å². The van der Waals surface area contributed by atoms with Gasteiger partial charge in [0.25, 0.3) is 5.91 Å². The summed E-state index contributed by atoms with van der Waals surface area (Å²) in [5.74, 6) is -0.205. The maximum Gasteiger partial charge on any atom is 0.290 e. The van der Waals surface area contributed by atoms with E-state index in [0.717, 1.165) is 6.21 Å². The average Bonchev–Trinajstić information content (AvgIpc) is 2.14. The van der Waals surface area contributed by atoms with Gasteiger partial charge in [-0.3, -0.25) is 4.79 Å². The first-order valence-electron chi connectivity index (χ1n) is 2.09. The fourth-order valence-electron chi connectivity index (χ4n) is 0.391. The number of aliphatic hydroxyl groups excluding tert-OH is 1. The van der Waals surface area contributed by atoms with Crippen molar-refractivity contribution in [1.82, 2.24) is 0 Å². The van der Waals surface area contributed by atoms with Crippen molar-refractivity contribution in [3.8, 4) is 0 Å². The molecular weight excluding hydrogens is 108 g/mol. The van der Waals surface area contributed by atoms with Crippen LogP contribution in [0.3, 0.4) is 0 Å². The van der Waals surface area contributed by atoms with E-state index < -0.39 is 5.91 Å². The molecule has 0 bridgehead atoms. The SMILES string of the molecule is O=C1C=NC(CO)=N1. The Hall–Kier alpha value is -1.03. The summed E-state index contributed by atoms with van der Waals surface area (Å²) in [4.78, 5) is 16.9. The second kappa shape index (κ2) is 1.83. The number of carbonyl (C=O) groups is 1. The number of aliphatic imine (C=N–C) groups is 2. The topological polar surface area (TPSA) is 62.0 Å². The van der Waals surface area contributed by atoms with E-state index >= 15 is 0 Å². The zero-order chi connectivity index (χ0) is 5.98. The van der Waals surface area contributed by atoms with E-state index in [1.165, 1.54) is 0 Å². The quantitative estimate of drug-likeness (QED) is 0.472. The molecule has 0 radical (unpaired) electrons. The highest BCUT2D eigenvalue weighted by atomic mass is 16.3. The van der Waals surface area contributed by atoms with Gasteiger partial charge in [-0.15, -0.1) is 0 Å². The highest BCUT2D eigenvalue weighted by Crippen LogP contribution is 1.87. The zero-order valence-electron chi connectivity index (χ0n) is 4.03. The number of hydrogen-bond donors (Lipinski definition) is 1. The highest BCUT2D eigenvalue weighted by molar-refractivity contribution is 6.34. The molecule has 0 spiro atoms. The van der Waals surface area contributed by atoms with Crippen LogP contribution in [0.1, 0.15) is 0 Å². The Bertz CT molecular complexity index is 171. The molecule has 1 N–H and O–H groups in total. The second-order valence-electron chi connectivity index (χ2n) is 1.28. The molecule has 1 aliphatic heterocycles. The lowest BCUT2D eigenvalue weighted by molar-refractivity contribution is -0.111. The van der Waals surface area contributed by atoms with E-state index in [-0.39, 0.29) is 12.4 Å². The maximum atomic E-state index is 10.2. The van der Waals surface area contributed by atoms with Gasteiger partial charge in [0.1, 0.15) is 6.61 Å². The van der Waals surface area contributed by atoms with E-state index in [9.17, 15) is 4.79 Å². The average molecular weight is 112 g/mol. The molecule has 0 aromatic rings. The molecule has 1 heterocycles. The predicted molar refractivity (Wildman–Crippen MR) is 28.0 cm³/mol. The van der Waals surface area contributed by atoms with Crippen LogP contribution in [0, 0.1) is 0 Å². The van der Waals surface area contributed by atoms with Crippen molar-refractivity contribution in [2.75, 3.05) is 6.61 Å². The lowest BCUT2D eigenvalue weighted by atomic mass is 10.7. The molecule has 1 amide bonds. The number of carbonyl (C=O) groups excluding carboxylic acids is 1. The number of nitrogens with zero attached hydrogens (tertiary/aromatic N) is 2. The molecule has 1 aliphatic rings. The van der Waals surface area contributed by atoms with Gasteiger partial charge in [-0.1, -0.05) is 0 Å². The van der Waals surface area contributed by atoms with Crippen molar-refractivity contribution in [2.45, 2.75) is 0 Å². The van der Waals surface area contributed by atoms with Gasteiger partial charge in [0, 0.05) is 0 Å². The number of aliphatic hydroxyl groups is 1. The molecule has 0 fully saturated rings. The Morgan fingerprint density at radius 3 is 2.75 bits per heavy atom. The molecule has 1 rings (SSSR count).